The highest BCUT2D eigenvalue weighted by Gasteiger charge is 2.50. The van der Waals surface area contributed by atoms with E-state index in [0.717, 1.165) is 38.5 Å². The number of unbranched alkanes of at least 4 members (excludes halogenated alkanes) is 8. The molecule has 0 saturated heterocycles. The van der Waals surface area contributed by atoms with Crippen molar-refractivity contribution in [3.05, 3.63) is 0 Å². The lowest BCUT2D eigenvalue weighted by Crippen LogP contribution is -2.56. The Morgan fingerprint density at radius 2 is 0.750 bits per heavy atom. The van der Waals surface area contributed by atoms with Crippen LogP contribution in [0.1, 0.15) is 144 Å². The minimum atomic E-state index is -2.97. The molecule has 12 nitrogen and oxygen atoms in total. The Labute approximate surface area is 295 Å². The molecule has 0 aromatic heterocycles. The molecule has 0 aliphatic heterocycles. The average molecular weight is 729 g/mol. The van der Waals surface area contributed by atoms with Crippen molar-refractivity contribution in [2.24, 2.45) is 0 Å². The fourth-order valence-corrected chi connectivity index (χ4v) is 9.38. The van der Waals surface area contributed by atoms with Crippen LogP contribution in [-0.2, 0) is 55.1 Å². The zero-order chi connectivity index (χ0) is 36.8. The SMILES string of the molecule is CCCCCCCC(OC(CC)OC(=O)CC)[Si](OC)(OC)OC.CCCCCCCC(OC(CC)OC(=O)CC)[Si](OC)(OC)OC. The quantitative estimate of drug-likeness (QED) is 0.0312. The third-order valence-corrected chi connectivity index (χ3v) is 13.9. The van der Waals surface area contributed by atoms with Gasteiger partial charge in [-0.25, -0.2) is 0 Å². The van der Waals surface area contributed by atoms with Gasteiger partial charge in [-0.15, -0.1) is 0 Å². The number of carbonyl (C=O) groups is 2. The van der Waals surface area contributed by atoms with E-state index in [0.29, 0.717) is 25.7 Å². The third kappa shape index (κ3) is 19.4. The van der Waals surface area contributed by atoms with Crippen LogP contribution in [0, 0.1) is 0 Å². The van der Waals surface area contributed by atoms with Gasteiger partial charge in [0.15, 0.2) is 0 Å². The van der Waals surface area contributed by atoms with Gasteiger partial charge in [0.2, 0.25) is 12.6 Å². The van der Waals surface area contributed by atoms with E-state index >= 15 is 0 Å². The smallest absolute Gasteiger partial charge is 0.436 e. The Kier molecular flexibility index (Phi) is 31.6. The molecule has 0 rings (SSSR count). The van der Waals surface area contributed by atoms with Crippen LogP contribution >= 0.6 is 0 Å². The van der Waals surface area contributed by atoms with Crippen molar-refractivity contribution < 1.29 is 55.1 Å². The first-order valence-electron chi connectivity index (χ1n) is 18.1. The minimum absolute atomic E-state index is 0.275. The lowest BCUT2D eigenvalue weighted by Gasteiger charge is -2.34. The van der Waals surface area contributed by atoms with Gasteiger partial charge in [0.1, 0.15) is 11.5 Å². The van der Waals surface area contributed by atoms with Gasteiger partial charge >= 0.3 is 29.5 Å². The van der Waals surface area contributed by atoms with Gasteiger partial charge in [0.25, 0.3) is 0 Å². The molecule has 0 saturated carbocycles. The molecule has 0 aliphatic rings. The second kappa shape index (κ2) is 30.8. The van der Waals surface area contributed by atoms with Crippen LogP contribution < -0.4 is 0 Å². The van der Waals surface area contributed by atoms with Crippen molar-refractivity contribution in [3.8, 4) is 0 Å². The molecule has 4 unspecified atom stereocenters. The van der Waals surface area contributed by atoms with Crippen LogP contribution in [0.4, 0.5) is 0 Å². The molecule has 0 amide bonds. The van der Waals surface area contributed by atoms with Gasteiger partial charge in [-0.2, -0.15) is 0 Å². The van der Waals surface area contributed by atoms with E-state index in [9.17, 15) is 9.59 Å². The van der Waals surface area contributed by atoms with E-state index in [1.807, 2.05) is 13.8 Å². The van der Waals surface area contributed by atoms with Crippen LogP contribution in [0.25, 0.3) is 0 Å². The summed E-state index contributed by atoms with van der Waals surface area (Å²) in [5.41, 5.74) is -0.706. The van der Waals surface area contributed by atoms with Crippen molar-refractivity contribution in [2.75, 3.05) is 42.7 Å². The molecule has 0 aromatic rings. The van der Waals surface area contributed by atoms with Crippen LogP contribution in [0.3, 0.4) is 0 Å². The summed E-state index contributed by atoms with van der Waals surface area (Å²) in [5, 5.41) is 0. The summed E-state index contributed by atoms with van der Waals surface area (Å²) in [4.78, 5) is 23.1. The van der Waals surface area contributed by atoms with E-state index in [2.05, 4.69) is 13.8 Å². The maximum absolute atomic E-state index is 11.6. The second-order valence-corrected chi connectivity index (χ2v) is 17.6. The predicted octanol–water partition coefficient (Wildman–Crippen LogP) is 7.68. The van der Waals surface area contributed by atoms with Gasteiger partial charge in [-0.1, -0.05) is 106 Å². The van der Waals surface area contributed by atoms with E-state index in [-0.39, 0.29) is 23.4 Å². The standard InChI is InChI=1S/2C17H36O6Si/c2*1-7-10-11-12-13-14-17(24(19-4,20-5)21-6)23-16(9-3)22-15(18)8-2/h2*16-17H,7-14H2,1-6H3. The highest BCUT2D eigenvalue weighted by molar-refractivity contribution is 6.62. The lowest BCUT2D eigenvalue weighted by atomic mass is 10.1. The van der Waals surface area contributed by atoms with Gasteiger partial charge in [-0.3, -0.25) is 9.59 Å². The maximum Gasteiger partial charge on any atom is 0.530 e. The number of carbonyl (C=O) groups excluding carboxylic acids is 2. The molecule has 0 aromatic carbocycles. The van der Waals surface area contributed by atoms with Crippen molar-refractivity contribution in [3.63, 3.8) is 0 Å². The number of rotatable bonds is 30. The summed E-state index contributed by atoms with van der Waals surface area (Å²) in [5.74, 6) is -0.550. The second-order valence-electron chi connectivity index (χ2n) is 11.4. The van der Waals surface area contributed by atoms with E-state index in [1.54, 1.807) is 56.5 Å². The van der Waals surface area contributed by atoms with E-state index < -0.39 is 30.2 Å². The molecular formula is C34H72O12Si2. The molecule has 48 heavy (non-hydrogen) atoms. The van der Waals surface area contributed by atoms with E-state index in [1.165, 1.54) is 38.5 Å². The molecule has 0 N–H and O–H groups in total. The van der Waals surface area contributed by atoms with Gasteiger partial charge in [-0.05, 0) is 12.8 Å². The molecule has 288 valence electrons. The molecule has 14 heteroatoms. The largest absolute Gasteiger partial charge is 0.530 e. The van der Waals surface area contributed by atoms with Crippen molar-refractivity contribution in [2.45, 2.75) is 168 Å². The summed E-state index contributed by atoms with van der Waals surface area (Å²) in [6, 6.07) is 0. The summed E-state index contributed by atoms with van der Waals surface area (Å²) in [6.45, 7) is 11.7. The first-order chi connectivity index (χ1) is 23.1. The van der Waals surface area contributed by atoms with Gasteiger partial charge in [0.05, 0.1) is 0 Å². The van der Waals surface area contributed by atoms with Crippen LogP contribution in [0.2, 0.25) is 0 Å². The summed E-state index contributed by atoms with van der Waals surface area (Å²) >= 11 is 0. The van der Waals surface area contributed by atoms with Crippen molar-refractivity contribution in [1.29, 1.82) is 0 Å². The van der Waals surface area contributed by atoms with Crippen LogP contribution in [0.5, 0.6) is 0 Å². The molecular weight excluding hydrogens is 657 g/mol. The summed E-state index contributed by atoms with van der Waals surface area (Å²) in [7, 11) is 3.51. The first kappa shape index (κ1) is 49.2. The van der Waals surface area contributed by atoms with Gasteiger partial charge < -0.3 is 45.5 Å². The highest BCUT2D eigenvalue weighted by Crippen LogP contribution is 2.25. The van der Waals surface area contributed by atoms with Crippen LogP contribution in [0.15, 0.2) is 0 Å². The average Bonchev–Trinajstić information content (AvgIpc) is 3.12. The molecule has 0 heterocycles. The van der Waals surface area contributed by atoms with E-state index in [4.69, 9.17) is 45.5 Å². The fourth-order valence-electron chi connectivity index (χ4n) is 5.05. The predicted molar refractivity (Wildman–Crippen MR) is 191 cm³/mol. The first-order valence-corrected chi connectivity index (χ1v) is 21.7. The Hall–Kier alpha value is -0.946. The fraction of sp³-hybridized carbons (Fsp3) is 0.941. The third-order valence-electron chi connectivity index (χ3n) is 8.04. The number of hydrogen-bond acceptors (Lipinski definition) is 12. The number of ether oxygens (including phenoxy) is 4. The number of hydrogen-bond donors (Lipinski definition) is 0. The normalized spacial score (nSPS) is 14.4. The molecule has 0 radical (unpaired) electrons. The monoisotopic (exact) mass is 728 g/mol. The maximum atomic E-state index is 11.6. The molecule has 0 aliphatic carbocycles. The molecule has 4 atom stereocenters. The lowest BCUT2D eigenvalue weighted by molar-refractivity contribution is -0.190. The summed E-state index contributed by atoms with van der Waals surface area (Å²) < 4.78 is 56.3. The minimum Gasteiger partial charge on any atom is -0.436 e. The molecule has 0 bridgehead atoms. The Morgan fingerprint density at radius 3 is 0.979 bits per heavy atom. The topological polar surface area (TPSA) is 126 Å². The van der Waals surface area contributed by atoms with Crippen LogP contribution in [-0.4, -0.2) is 96.2 Å². The Balaban J connectivity index is 0. The zero-order valence-corrected chi connectivity index (χ0v) is 34.5. The summed E-state index contributed by atoms with van der Waals surface area (Å²) in [6.07, 6.45) is 13.6. The van der Waals surface area contributed by atoms with Crippen molar-refractivity contribution in [1.82, 2.24) is 0 Å². The zero-order valence-electron chi connectivity index (χ0n) is 32.5. The highest BCUT2D eigenvalue weighted by atomic mass is 28.4. The van der Waals surface area contributed by atoms with Gasteiger partial charge in [0, 0.05) is 68.3 Å². The van der Waals surface area contributed by atoms with Crippen molar-refractivity contribution >= 4 is 29.5 Å². The number of esters is 2. The Bertz CT molecular complexity index is 690. The molecule has 0 fully saturated rings. The Morgan fingerprint density at radius 1 is 0.458 bits per heavy atom. The molecule has 0 spiro atoms.